The summed E-state index contributed by atoms with van der Waals surface area (Å²) in [5.74, 6) is -1.23. The van der Waals surface area contributed by atoms with Gasteiger partial charge in [-0.3, -0.25) is 19.3 Å². The minimum Gasteiger partial charge on any atom is -0.456 e. The van der Waals surface area contributed by atoms with Crippen molar-refractivity contribution in [2.24, 2.45) is 11.8 Å². The number of hydrogen-bond acceptors (Lipinski definition) is 9. The van der Waals surface area contributed by atoms with Gasteiger partial charge in [0.25, 0.3) is 0 Å². The molecule has 2 amide bonds. The Bertz CT molecular complexity index is 713. The quantitative estimate of drug-likeness (QED) is 0.555. The van der Waals surface area contributed by atoms with E-state index in [1.165, 1.54) is 0 Å². The molecule has 26 heavy (non-hydrogen) atoms. The van der Waals surface area contributed by atoms with Crippen molar-refractivity contribution in [2.75, 3.05) is 31.3 Å². The number of anilines is 2. The second-order valence-corrected chi connectivity index (χ2v) is 6.73. The molecule has 1 saturated heterocycles. The monoisotopic (exact) mass is 362 g/mol. The number of imide groups is 1. The Morgan fingerprint density at radius 2 is 1.77 bits per heavy atom. The van der Waals surface area contributed by atoms with Crippen molar-refractivity contribution < 1.29 is 19.1 Å². The molecule has 2 aliphatic rings. The number of carbonyl (C=O) groups excluding carboxylic acids is 3. The number of nitrogens with two attached hydrogens (primary N) is 1. The van der Waals surface area contributed by atoms with E-state index in [2.05, 4.69) is 15.0 Å². The molecule has 0 bridgehead atoms. The molecule has 10 nitrogen and oxygen atoms in total. The summed E-state index contributed by atoms with van der Waals surface area (Å²) >= 11 is 0. The maximum absolute atomic E-state index is 12.4. The molecule has 0 spiro atoms. The number of carbonyl (C=O) groups is 3. The van der Waals surface area contributed by atoms with Gasteiger partial charge in [-0.05, 0) is 12.8 Å². The summed E-state index contributed by atoms with van der Waals surface area (Å²) in [6.07, 6.45) is 3.29. The Kier molecular flexibility index (Phi) is 5.01. The Morgan fingerprint density at radius 1 is 1.15 bits per heavy atom. The molecule has 140 valence electrons. The van der Waals surface area contributed by atoms with Crippen molar-refractivity contribution in [3.63, 3.8) is 0 Å². The maximum Gasteiger partial charge on any atom is 0.326 e. The van der Waals surface area contributed by atoms with Crippen LogP contribution in [-0.4, -0.2) is 58.3 Å². The van der Waals surface area contributed by atoms with Gasteiger partial charge < -0.3 is 15.4 Å². The highest BCUT2D eigenvalue weighted by Crippen LogP contribution is 2.37. The van der Waals surface area contributed by atoms with Gasteiger partial charge in [-0.1, -0.05) is 12.8 Å². The fraction of sp³-hybridized carbons (Fsp3) is 0.625. The molecule has 1 aliphatic heterocycles. The lowest BCUT2D eigenvalue weighted by Gasteiger charge is -2.19. The average Bonchev–Trinajstić information content (AvgIpc) is 2.85. The minimum atomic E-state index is -0.685. The van der Waals surface area contributed by atoms with Gasteiger partial charge in [0.1, 0.15) is 6.54 Å². The van der Waals surface area contributed by atoms with Crippen LogP contribution in [0.25, 0.3) is 0 Å². The van der Waals surface area contributed by atoms with Crippen LogP contribution < -0.4 is 10.6 Å². The van der Waals surface area contributed by atoms with Gasteiger partial charge in [-0.15, -0.1) is 0 Å². The van der Waals surface area contributed by atoms with Gasteiger partial charge in [0.05, 0.1) is 11.8 Å². The summed E-state index contributed by atoms with van der Waals surface area (Å²) in [7, 11) is 3.49. The van der Waals surface area contributed by atoms with Crippen LogP contribution in [0.15, 0.2) is 0 Å². The fourth-order valence-electron chi connectivity index (χ4n) is 3.40. The topological polar surface area (TPSA) is 132 Å². The molecular formula is C16H22N6O4. The standard InChI is InChI=1S/C16H22N6O4/c1-21(2)16-19-11(18-15(17)20-16)8-26-12(23)7-22-13(24)9-5-3-4-6-10(9)14(22)25/h9-10H,3-8H2,1-2H3,(H2,17,18,19,20). The van der Waals surface area contributed by atoms with Crippen LogP contribution in [0, 0.1) is 11.8 Å². The number of esters is 1. The Balaban J connectivity index is 1.59. The average molecular weight is 362 g/mol. The molecule has 1 aliphatic carbocycles. The number of ether oxygens (including phenoxy) is 1. The van der Waals surface area contributed by atoms with Crippen LogP contribution in [0.1, 0.15) is 31.5 Å². The largest absolute Gasteiger partial charge is 0.456 e. The second kappa shape index (κ2) is 7.22. The Labute approximate surface area is 150 Å². The van der Waals surface area contributed by atoms with Crippen molar-refractivity contribution in [2.45, 2.75) is 32.3 Å². The van der Waals surface area contributed by atoms with E-state index in [-0.39, 0.29) is 48.6 Å². The van der Waals surface area contributed by atoms with E-state index in [0.29, 0.717) is 18.8 Å². The molecule has 2 atom stereocenters. The number of aromatic nitrogens is 3. The highest BCUT2D eigenvalue weighted by molar-refractivity contribution is 6.07. The van der Waals surface area contributed by atoms with E-state index in [1.807, 2.05) is 0 Å². The molecule has 2 fully saturated rings. The number of nitrogens with zero attached hydrogens (tertiary/aromatic N) is 5. The highest BCUT2D eigenvalue weighted by atomic mass is 16.5. The molecule has 10 heteroatoms. The molecule has 2 N–H and O–H groups in total. The van der Waals surface area contributed by atoms with Gasteiger partial charge in [0.2, 0.25) is 23.7 Å². The molecule has 1 saturated carbocycles. The predicted molar refractivity (Wildman–Crippen MR) is 90.5 cm³/mol. The molecule has 1 aromatic heterocycles. The van der Waals surface area contributed by atoms with Crippen molar-refractivity contribution >= 4 is 29.7 Å². The molecule has 0 aromatic carbocycles. The van der Waals surface area contributed by atoms with Gasteiger partial charge in [-0.25, -0.2) is 0 Å². The minimum absolute atomic E-state index is 0.0173. The van der Waals surface area contributed by atoms with E-state index < -0.39 is 5.97 Å². The van der Waals surface area contributed by atoms with E-state index in [0.717, 1.165) is 17.7 Å². The Hall–Kier alpha value is -2.78. The van der Waals surface area contributed by atoms with Crippen LogP contribution >= 0.6 is 0 Å². The number of nitrogen functional groups attached to an aromatic ring is 1. The normalized spacial score (nSPS) is 22.3. The number of rotatable bonds is 5. The van der Waals surface area contributed by atoms with E-state index in [9.17, 15) is 14.4 Å². The molecule has 3 rings (SSSR count). The van der Waals surface area contributed by atoms with Gasteiger partial charge in [0, 0.05) is 14.1 Å². The first-order chi connectivity index (χ1) is 12.4. The third kappa shape index (κ3) is 3.58. The Morgan fingerprint density at radius 3 is 2.35 bits per heavy atom. The first-order valence-electron chi connectivity index (χ1n) is 8.55. The lowest BCUT2D eigenvalue weighted by atomic mass is 9.81. The van der Waals surface area contributed by atoms with Gasteiger partial charge in [0.15, 0.2) is 12.4 Å². The summed E-state index contributed by atoms with van der Waals surface area (Å²) < 4.78 is 5.12. The lowest BCUT2D eigenvalue weighted by molar-refractivity contribution is -0.154. The summed E-state index contributed by atoms with van der Waals surface area (Å²) in [6, 6.07) is 0. The molecule has 2 heterocycles. The maximum atomic E-state index is 12.4. The number of fused-ring (bicyclic) bond motifs is 1. The zero-order valence-corrected chi connectivity index (χ0v) is 14.8. The van der Waals surface area contributed by atoms with Crippen LogP contribution in [0.5, 0.6) is 0 Å². The number of likely N-dealkylation sites (tertiary alicyclic amines) is 1. The first kappa shape index (κ1) is 18.0. The van der Waals surface area contributed by atoms with Crippen LogP contribution in [0.3, 0.4) is 0 Å². The van der Waals surface area contributed by atoms with Crippen molar-refractivity contribution in [3.05, 3.63) is 5.82 Å². The summed E-state index contributed by atoms with van der Waals surface area (Å²) in [4.78, 5) is 51.5. The van der Waals surface area contributed by atoms with Crippen molar-refractivity contribution in [3.8, 4) is 0 Å². The SMILES string of the molecule is CN(C)c1nc(N)nc(COC(=O)CN2C(=O)C3CCCCC3C2=O)n1. The molecule has 2 unspecified atom stereocenters. The van der Waals surface area contributed by atoms with E-state index in [4.69, 9.17) is 10.5 Å². The predicted octanol–water partition coefficient (Wildman–Crippen LogP) is -0.262. The van der Waals surface area contributed by atoms with Crippen LogP contribution in [0.2, 0.25) is 0 Å². The van der Waals surface area contributed by atoms with Gasteiger partial charge in [-0.2, -0.15) is 15.0 Å². The lowest BCUT2D eigenvalue weighted by Crippen LogP contribution is -2.36. The molecule has 0 radical (unpaired) electrons. The van der Waals surface area contributed by atoms with Gasteiger partial charge >= 0.3 is 5.97 Å². The summed E-state index contributed by atoms with van der Waals surface area (Å²) in [5.41, 5.74) is 5.61. The van der Waals surface area contributed by atoms with Crippen molar-refractivity contribution in [1.29, 1.82) is 0 Å². The highest BCUT2D eigenvalue weighted by Gasteiger charge is 2.48. The number of hydrogen-bond donors (Lipinski definition) is 1. The summed E-state index contributed by atoms with van der Waals surface area (Å²) in [5, 5.41) is 0. The zero-order chi connectivity index (χ0) is 18.8. The van der Waals surface area contributed by atoms with Crippen LogP contribution in [0.4, 0.5) is 11.9 Å². The molecular weight excluding hydrogens is 340 g/mol. The third-order valence-corrected chi connectivity index (χ3v) is 4.67. The van der Waals surface area contributed by atoms with Crippen molar-refractivity contribution in [1.82, 2.24) is 19.9 Å². The smallest absolute Gasteiger partial charge is 0.326 e. The van der Waals surface area contributed by atoms with E-state index >= 15 is 0 Å². The third-order valence-electron chi connectivity index (χ3n) is 4.67. The second-order valence-electron chi connectivity index (χ2n) is 6.73. The van der Waals surface area contributed by atoms with E-state index in [1.54, 1.807) is 19.0 Å². The first-order valence-corrected chi connectivity index (χ1v) is 8.55. The van der Waals surface area contributed by atoms with Crippen LogP contribution in [-0.2, 0) is 25.7 Å². The molecule has 1 aromatic rings. The zero-order valence-electron chi connectivity index (χ0n) is 14.8. The fourth-order valence-corrected chi connectivity index (χ4v) is 3.40. The number of amides is 2. The summed E-state index contributed by atoms with van der Waals surface area (Å²) in [6.45, 7) is -0.596.